The average Bonchev–Trinajstić information content (AvgIpc) is 2.70. The number of rotatable bonds is 3. The van der Waals surface area contributed by atoms with Crippen LogP contribution in [0, 0.1) is 17.6 Å². The number of anilines is 1. The molecule has 1 atom stereocenters. The van der Waals surface area contributed by atoms with Crippen LogP contribution in [-0.4, -0.2) is 25.4 Å². The Bertz CT molecular complexity index is 458. The van der Waals surface area contributed by atoms with Gasteiger partial charge in [-0.2, -0.15) is 0 Å². The van der Waals surface area contributed by atoms with Crippen LogP contribution in [0.4, 0.5) is 14.5 Å². The standard InChI is InChI=1S/C12H12ClF2NO2/c1-18-12-9(14)3-8(4-10(12)15)16-6-7(5-13)2-11(16)17/h3-4,7H,2,5-6H2,1H3. The van der Waals surface area contributed by atoms with Crippen LogP contribution in [0.1, 0.15) is 6.42 Å². The van der Waals surface area contributed by atoms with Crippen LogP contribution >= 0.6 is 11.6 Å². The molecular formula is C12H12ClF2NO2. The van der Waals surface area contributed by atoms with Crippen LogP contribution in [0.5, 0.6) is 5.75 Å². The molecule has 1 aliphatic rings. The van der Waals surface area contributed by atoms with E-state index in [0.717, 1.165) is 12.1 Å². The molecule has 0 saturated carbocycles. The maximum atomic E-state index is 13.5. The molecule has 1 amide bonds. The Balaban J connectivity index is 2.32. The quantitative estimate of drug-likeness (QED) is 0.794. The van der Waals surface area contributed by atoms with Crippen LogP contribution in [0.3, 0.4) is 0 Å². The molecular weight excluding hydrogens is 264 g/mol. The fourth-order valence-electron chi connectivity index (χ4n) is 2.03. The van der Waals surface area contributed by atoms with Crippen molar-refractivity contribution >= 4 is 23.2 Å². The monoisotopic (exact) mass is 275 g/mol. The van der Waals surface area contributed by atoms with E-state index in [-0.39, 0.29) is 17.5 Å². The second-order valence-electron chi connectivity index (χ2n) is 4.17. The van der Waals surface area contributed by atoms with Gasteiger partial charge in [-0.05, 0) is 5.92 Å². The van der Waals surface area contributed by atoms with Gasteiger partial charge < -0.3 is 9.64 Å². The lowest BCUT2D eigenvalue weighted by molar-refractivity contribution is -0.117. The van der Waals surface area contributed by atoms with E-state index in [1.807, 2.05) is 0 Å². The maximum absolute atomic E-state index is 13.5. The maximum Gasteiger partial charge on any atom is 0.227 e. The molecule has 1 saturated heterocycles. The first-order chi connectivity index (χ1) is 8.56. The van der Waals surface area contributed by atoms with Crippen molar-refractivity contribution in [3.63, 3.8) is 0 Å². The molecule has 1 aliphatic heterocycles. The van der Waals surface area contributed by atoms with E-state index in [2.05, 4.69) is 4.74 Å². The number of hydrogen-bond donors (Lipinski definition) is 0. The fourth-order valence-corrected chi connectivity index (χ4v) is 2.24. The van der Waals surface area contributed by atoms with Crippen LogP contribution < -0.4 is 9.64 Å². The molecule has 2 rings (SSSR count). The van der Waals surface area contributed by atoms with E-state index in [1.165, 1.54) is 12.0 Å². The number of halogens is 3. The van der Waals surface area contributed by atoms with E-state index in [4.69, 9.17) is 11.6 Å². The number of methoxy groups -OCH3 is 1. The van der Waals surface area contributed by atoms with Crippen molar-refractivity contribution in [2.24, 2.45) is 5.92 Å². The molecule has 0 bridgehead atoms. The number of benzene rings is 1. The molecule has 1 aromatic carbocycles. The largest absolute Gasteiger partial charge is 0.491 e. The zero-order chi connectivity index (χ0) is 13.3. The molecule has 98 valence electrons. The van der Waals surface area contributed by atoms with Crippen molar-refractivity contribution < 1.29 is 18.3 Å². The Morgan fingerprint density at radius 3 is 2.50 bits per heavy atom. The third-order valence-electron chi connectivity index (χ3n) is 2.92. The molecule has 0 aliphatic carbocycles. The number of carbonyl (C=O) groups excluding carboxylic acids is 1. The van der Waals surface area contributed by atoms with E-state index in [0.29, 0.717) is 18.8 Å². The summed E-state index contributed by atoms with van der Waals surface area (Å²) in [5.41, 5.74) is 0.198. The zero-order valence-electron chi connectivity index (χ0n) is 9.75. The van der Waals surface area contributed by atoms with Crippen LogP contribution in [0.25, 0.3) is 0 Å². The molecule has 1 unspecified atom stereocenters. The van der Waals surface area contributed by atoms with Gasteiger partial charge in [-0.3, -0.25) is 4.79 Å². The van der Waals surface area contributed by atoms with Gasteiger partial charge in [0.25, 0.3) is 0 Å². The van der Waals surface area contributed by atoms with Gasteiger partial charge in [-0.25, -0.2) is 8.78 Å². The van der Waals surface area contributed by atoms with Gasteiger partial charge in [0.15, 0.2) is 17.4 Å². The predicted octanol–water partition coefficient (Wildman–Crippen LogP) is 2.57. The van der Waals surface area contributed by atoms with Crippen molar-refractivity contribution in [1.29, 1.82) is 0 Å². The molecule has 6 heteroatoms. The van der Waals surface area contributed by atoms with Gasteiger partial charge in [0.1, 0.15) is 0 Å². The molecule has 0 aromatic heterocycles. The first-order valence-corrected chi connectivity index (χ1v) is 5.99. The molecule has 0 N–H and O–H groups in total. The summed E-state index contributed by atoms with van der Waals surface area (Å²) in [5.74, 6) is -1.90. The zero-order valence-corrected chi connectivity index (χ0v) is 10.5. The highest BCUT2D eigenvalue weighted by Crippen LogP contribution is 2.31. The number of carbonyl (C=O) groups is 1. The van der Waals surface area contributed by atoms with Crippen LogP contribution in [0.2, 0.25) is 0 Å². The van der Waals surface area contributed by atoms with E-state index >= 15 is 0 Å². The Hall–Kier alpha value is -1.36. The summed E-state index contributed by atoms with van der Waals surface area (Å²) in [6.07, 6.45) is 0.304. The van der Waals surface area contributed by atoms with Crippen LogP contribution in [0.15, 0.2) is 12.1 Å². The molecule has 3 nitrogen and oxygen atoms in total. The van der Waals surface area contributed by atoms with Crippen LogP contribution in [-0.2, 0) is 4.79 Å². The number of hydrogen-bond acceptors (Lipinski definition) is 2. The van der Waals surface area contributed by atoms with Gasteiger partial charge in [-0.15, -0.1) is 11.6 Å². The molecule has 0 radical (unpaired) electrons. The number of ether oxygens (including phenoxy) is 1. The third-order valence-corrected chi connectivity index (χ3v) is 3.36. The lowest BCUT2D eigenvalue weighted by Crippen LogP contribution is -2.25. The normalized spacial score (nSPS) is 19.4. The second kappa shape index (κ2) is 5.10. The highest BCUT2D eigenvalue weighted by atomic mass is 35.5. The SMILES string of the molecule is COc1c(F)cc(N2CC(CCl)CC2=O)cc1F. The van der Waals surface area contributed by atoms with Crippen molar-refractivity contribution in [2.75, 3.05) is 24.4 Å². The average molecular weight is 276 g/mol. The molecule has 1 aromatic rings. The van der Waals surface area contributed by atoms with Crippen molar-refractivity contribution in [1.82, 2.24) is 0 Å². The second-order valence-corrected chi connectivity index (χ2v) is 4.48. The number of nitrogens with zero attached hydrogens (tertiary/aromatic N) is 1. The van der Waals surface area contributed by atoms with Crippen molar-refractivity contribution in [3.8, 4) is 5.75 Å². The Kier molecular flexibility index (Phi) is 3.71. The smallest absolute Gasteiger partial charge is 0.227 e. The summed E-state index contributed by atoms with van der Waals surface area (Å²) >= 11 is 5.69. The highest BCUT2D eigenvalue weighted by molar-refractivity contribution is 6.18. The summed E-state index contributed by atoms with van der Waals surface area (Å²) in [6.45, 7) is 0.382. The van der Waals surface area contributed by atoms with Gasteiger partial charge in [0.2, 0.25) is 5.91 Å². The minimum atomic E-state index is -0.824. The third kappa shape index (κ3) is 2.27. The summed E-state index contributed by atoms with van der Waals surface area (Å²) in [4.78, 5) is 13.1. The lowest BCUT2D eigenvalue weighted by Gasteiger charge is -2.17. The van der Waals surface area contributed by atoms with Crippen molar-refractivity contribution in [2.45, 2.75) is 6.42 Å². The van der Waals surface area contributed by atoms with E-state index < -0.39 is 17.4 Å². The summed E-state index contributed by atoms with van der Waals surface area (Å²) in [6, 6.07) is 2.19. The minimum Gasteiger partial charge on any atom is -0.491 e. The molecule has 1 heterocycles. The molecule has 18 heavy (non-hydrogen) atoms. The van der Waals surface area contributed by atoms with E-state index in [9.17, 15) is 13.6 Å². The topological polar surface area (TPSA) is 29.5 Å². The summed E-state index contributed by atoms with van der Waals surface area (Å²) in [7, 11) is 1.19. The fraction of sp³-hybridized carbons (Fsp3) is 0.417. The predicted molar refractivity (Wildman–Crippen MR) is 64.1 cm³/mol. The molecule has 1 fully saturated rings. The van der Waals surface area contributed by atoms with Gasteiger partial charge in [-0.1, -0.05) is 0 Å². The highest BCUT2D eigenvalue weighted by Gasteiger charge is 2.31. The lowest BCUT2D eigenvalue weighted by atomic mass is 10.1. The summed E-state index contributed by atoms with van der Waals surface area (Å²) in [5, 5.41) is 0. The first kappa shape index (κ1) is 13.1. The van der Waals surface area contributed by atoms with Crippen molar-refractivity contribution in [3.05, 3.63) is 23.8 Å². The van der Waals surface area contributed by atoms with Gasteiger partial charge in [0, 0.05) is 36.7 Å². The number of alkyl halides is 1. The van der Waals surface area contributed by atoms with Gasteiger partial charge in [0.05, 0.1) is 7.11 Å². The number of amides is 1. The minimum absolute atomic E-state index is 0.0207. The Morgan fingerprint density at radius 1 is 1.44 bits per heavy atom. The molecule has 0 spiro atoms. The van der Waals surface area contributed by atoms with Gasteiger partial charge >= 0.3 is 0 Å². The van der Waals surface area contributed by atoms with E-state index in [1.54, 1.807) is 0 Å². The Morgan fingerprint density at radius 2 is 2.06 bits per heavy atom. The Labute approximate surface area is 108 Å². The summed E-state index contributed by atoms with van der Waals surface area (Å²) < 4.78 is 31.7. The first-order valence-electron chi connectivity index (χ1n) is 5.46.